The van der Waals surface area contributed by atoms with E-state index in [1.54, 1.807) is 12.1 Å². The number of carbonyl (C=O) groups is 1. The van der Waals surface area contributed by atoms with E-state index in [1.807, 2.05) is 0 Å². The molecular formula is C18H24N4O4S2. The molecule has 2 heterocycles. The highest BCUT2D eigenvalue weighted by Crippen LogP contribution is 2.28. The third-order valence-corrected chi connectivity index (χ3v) is 7.60. The molecule has 10 heteroatoms. The van der Waals surface area contributed by atoms with Gasteiger partial charge in [-0.25, -0.2) is 8.42 Å². The molecule has 0 aliphatic carbocycles. The summed E-state index contributed by atoms with van der Waals surface area (Å²) in [7, 11) is -3.66. The Morgan fingerprint density at radius 2 is 1.96 bits per heavy atom. The first kappa shape index (κ1) is 20.8. The lowest BCUT2D eigenvalue weighted by Crippen LogP contribution is -2.40. The van der Waals surface area contributed by atoms with Gasteiger partial charge in [0.1, 0.15) is 5.01 Å². The number of carbonyl (C=O) groups excluding carboxylic acids is 1. The van der Waals surface area contributed by atoms with Crippen LogP contribution in [0.2, 0.25) is 0 Å². The molecule has 1 fully saturated rings. The molecule has 0 bridgehead atoms. The van der Waals surface area contributed by atoms with E-state index in [2.05, 4.69) is 29.4 Å². The molecule has 1 N–H and O–H groups in total. The molecule has 0 radical (unpaired) electrons. The second kappa shape index (κ2) is 9.08. The van der Waals surface area contributed by atoms with Crippen molar-refractivity contribution < 1.29 is 17.9 Å². The molecule has 1 aromatic heterocycles. The van der Waals surface area contributed by atoms with Gasteiger partial charge in [-0.15, -0.1) is 10.2 Å². The third-order valence-electron chi connectivity index (χ3n) is 4.70. The Labute approximate surface area is 169 Å². The fraction of sp³-hybridized carbons (Fsp3) is 0.500. The van der Waals surface area contributed by atoms with Crippen LogP contribution in [0.4, 0.5) is 5.13 Å². The summed E-state index contributed by atoms with van der Waals surface area (Å²) >= 11 is 1.35. The van der Waals surface area contributed by atoms with Gasteiger partial charge in [-0.1, -0.05) is 31.3 Å². The number of hydrogen-bond acceptors (Lipinski definition) is 7. The molecular weight excluding hydrogens is 400 g/mol. The molecule has 0 atom stereocenters. The zero-order valence-corrected chi connectivity index (χ0v) is 17.6. The molecule has 1 amide bonds. The molecule has 152 valence electrons. The van der Waals surface area contributed by atoms with E-state index in [-0.39, 0.29) is 10.5 Å². The van der Waals surface area contributed by atoms with E-state index in [4.69, 9.17) is 4.74 Å². The number of ether oxygens (including phenoxy) is 1. The standard InChI is InChI=1S/C18H24N4O4S2/c1-3-13(4-2)17-20-21-18(27-17)19-16(23)14-6-5-7-15(12-14)28(24,25)22-8-10-26-11-9-22/h5-7,12-13H,3-4,8-11H2,1-2H3,(H,19,21,23). The maximum atomic E-state index is 12.8. The van der Waals surface area contributed by atoms with Crippen molar-refractivity contribution in [1.29, 1.82) is 0 Å². The van der Waals surface area contributed by atoms with Gasteiger partial charge in [-0.3, -0.25) is 10.1 Å². The van der Waals surface area contributed by atoms with Crippen molar-refractivity contribution in [3.8, 4) is 0 Å². The highest BCUT2D eigenvalue weighted by molar-refractivity contribution is 7.89. The predicted molar refractivity (Wildman–Crippen MR) is 107 cm³/mol. The van der Waals surface area contributed by atoms with E-state index in [0.29, 0.717) is 37.4 Å². The average Bonchev–Trinajstić information content (AvgIpc) is 3.18. The van der Waals surface area contributed by atoms with Crippen LogP contribution < -0.4 is 5.32 Å². The molecule has 1 aliphatic heterocycles. The zero-order chi connectivity index (χ0) is 20.1. The highest BCUT2D eigenvalue weighted by Gasteiger charge is 2.27. The third kappa shape index (κ3) is 4.57. The number of nitrogens with zero attached hydrogens (tertiary/aromatic N) is 3. The number of aromatic nitrogens is 2. The minimum atomic E-state index is -3.66. The predicted octanol–water partition coefficient (Wildman–Crippen LogP) is 2.71. The van der Waals surface area contributed by atoms with Gasteiger partial charge in [-0.2, -0.15) is 4.31 Å². The van der Waals surface area contributed by atoms with Crippen LogP contribution >= 0.6 is 11.3 Å². The Kier molecular flexibility index (Phi) is 6.76. The van der Waals surface area contributed by atoms with Crippen LogP contribution in [0.3, 0.4) is 0 Å². The van der Waals surface area contributed by atoms with Crippen LogP contribution in [0.5, 0.6) is 0 Å². The van der Waals surface area contributed by atoms with E-state index < -0.39 is 15.9 Å². The quantitative estimate of drug-likeness (QED) is 0.733. The van der Waals surface area contributed by atoms with E-state index >= 15 is 0 Å². The number of morpholine rings is 1. The van der Waals surface area contributed by atoms with Crippen molar-refractivity contribution in [1.82, 2.24) is 14.5 Å². The van der Waals surface area contributed by atoms with Gasteiger partial charge in [-0.05, 0) is 31.0 Å². The average molecular weight is 425 g/mol. The summed E-state index contributed by atoms with van der Waals surface area (Å²) in [4.78, 5) is 12.7. The maximum absolute atomic E-state index is 12.8. The summed E-state index contributed by atoms with van der Waals surface area (Å²) in [5.41, 5.74) is 0.258. The van der Waals surface area contributed by atoms with Gasteiger partial charge in [0.2, 0.25) is 15.2 Å². The molecule has 1 aromatic carbocycles. The summed E-state index contributed by atoms with van der Waals surface area (Å²) in [6.07, 6.45) is 1.92. The lowest BCUT2D eigenvalue weighted by Gasteiger charge is -2.26. The lowest BCUT2D eigenvalue weighted by atomic mass is 10.1. The van der Waals surface area contributed by atoms with Crippen LogP contribution in [-0.4, -0.2) is 55.1 Å². The number of nitrogens with one attached hydrogen (secondary N) is 1. The number of rotatable bonds is 7. The summed E-state index contributed by atoms with van der Waals surface area (Å²) < 4.78 is 32.2. The topological polar surface area (TPSA) is 101 Å². The van der Waals surface area contributed by atoms with Crippen LogP contribution in [-0.2, 0) is 14.8 Å². The summed E-state index contributed by atoms with van der Waals surface area (Å²) in [5.74, 6) is -0.0866. The molecule has 1 saturated heterocycles. The van der Waals surface area contributed by atoms with Crippen LogP contribution in [0.15, 0.2) is 29.2 Å². The summed E-state index contributed by atoms with van der Waals surface area (Å²) in [6, 6.07) is 6.04. The minimum absolute atomic E-state index is 0.0945. The van der Waals surface area contributed by atoms with E-state index in [0.717, 1.165) is 17.8 Å². The normalized spacial score (nSPS) is 15.7. The number of sulfonamides is 1. The summed E-state index contributed by atoms with van der Waals surface area (Å²) in [6.45, 7) is 5.54. The van der Waals surface area contributed by atoms with Crippen LogP contribution in [0, 0.1) is 0 Å². The largest absolute Gasteiger partial charge is 0.379 e. The molecule has 1 aliphatic rings. The van der Waals surface area contributed by atoms with Gasteiger partial charge in [0.25, 0.3) is 5.91 Å². The fourth-order valence-electron chi connectivity index (χ4n) is 2.99. The Bertz CT molecular complexity index is 919. The summed E-state index contributed by atoms with van der Waals surface area (Å²) in [5, 5.41) is 12.2. The van der Waals surface area contributed by atoms with Gasteiger partial charge < -0.3 is 4.74 Å². The second-order valence-electron chi connectivity index (χ2n) is 6.46. The van der Waals surface area contributed by atoms with Crippen molar-refractivity contribution in [3.63, 3.8) is 0 Å². The Morgan fingerprint density at radius 3 is 2.64 bits per heavy atom. The van der Waals surface area contributed by atoms with Crippen molar-refractivity contribution in [2.45, 2.75) is 37.5 Å². The van der Waals surface area contributed by atoms with E-state index in [9.17, 15) is 13.2 Å². The number of amides is 1. The SMILES string of the molecule is CCC(CC)c1nnc(NC(=O)c2cccc(S(=O)(=O)N3CCOCC3)c2)s1. The fourth-order valence-corrected chi connectivity index (χ4v) is 5.45. The minimum Gasteiger partial charge on any atom is -0.379 e. The number of anilines is 1. The number of benzene rings is 1. The molecule has 2 aromatic rings. The Hall–Kier alpha value is -1.88. The van der Waals surface area contributed by atoms with Gasteiger partial charge in [0.15, 0.2) is 0 Å². The van der Waals surface area contributed by atoms with Gasteiger partial charge >= 0.3 is 0 Å². The molecule has 0 saturated carbocycles. The van der Waals surface area contributed by atoms with Crippen LogP contribution in [0.25, 0.3) is 0 Å². The first-order valence-electron chi connectivity index (χ1n) is 9.28. The van der Waals surface area contributed by atoms with Crippen molar-refractivity contribution in [2.24, 2.45) is 0 Å². The van der Waals surface area contributed by atoms with Gasteiger partial charge in [0.05, 0.1) is 18.1 Å². The molecule has 8 nitrogen and oxygen atoms in total. The Morgan fingerprint density at radius 1 is 1.25 bits per heavy atom. The second-order valence-corrected chi connectivity index (χ2v) is 9.40. The number of hydrogen-bond donors (Lipinski definition) is 1. The van der Waals surface area contributed by atoms with E-state index in [1.165, 1.54) is 27.8 Å². The van der Waals surface area contributed by atoms with Crippen molar-refractivity contribution in [3.05, 3.63) is 34.8 Å². The molecule has 0 spiro atoms. The maximum Gasteiger partial charge on any atom is 0.257 e. The Balaban J connectivity index is 1.75. The smallest absolute Gasteiger partial charge is 0.257 e. The first-order valence-corrected chi connectivity index (χ1v) is 11.5. The van der Waals surface area contributed by atoms with Crippen LogP contribution in [0.1, 0.15) is 48.0 Å². The van der Waals surface area contributed by atoms with Gasteiger partial charge in [0, 0.05) is 24.6 Å². The lowest BCUT2D eigenvalue weighted by molar-refractivity contribution is 0.0730. The molecule has 3 rings (SSSR count). The molecule has 28 heavy (non-hydrogen) atoms. The zero-order valence-electron chi connectivity index (χ0n) is 15.9. The monoisotopic (exact) mass is 424 g/mol. The van der Waals surface area contributed by atoms with Crippen molar-refractivity contribution >= 4 is 32.4 Å². The van der Waals surface area contributed by atoms with Crippen molar-refractivity contribution in [2.75, 3.05) is 31.6 Å². The first-order chi connectivity index (χ1) is 13.5. The highest BCUT2D eigenvalue weighted by atomic mass is 32.2. The molecule has 0 unspecified atom stereocenters.